The van der Waals surface area contributed by atoms with Crippen molar-refractivity contribution in [1.29, 1.82) is 0 Å². The minimum absolute atomic E-state index is 0.186. The first-order chi connectivity index (χ1) is 7.16. The monoisotopic (exact) mass is 207 g/mol. The summed E-state index contributed by atoms with van der Waals surface area (Å²) in [5.74, 6) is 1.55. The minimum Gasteiger partial charge on any atom is -0.324 e. The molecule has 1 unspecified atom stereocenters. The summed E-state index contributed by atoms with van der Waals surface area (Å²) in [6.45, 7) is 2.34. The van der Waals surface area contributed by atoms with Gasteiger partial charge >= 0.3 is 0 Å². The van der Waals surface area contributed by atoms with E-state index in [4.69, 9.17) is 5.73 Å². The van der Waals surface area contributed by atoms with Crippen LogP contribution in [0.15, 0.2) is 12.4 Å². The molecule has 1 fully saturated rings. The summed E-state index contributed by atoms with van der Waals surface area (Å²) in [6.07, 6.45) is 9.16. The molecule has 84 valence electrons. The summed E-state index contributed by atoms with van der Waals surface area (Å²) in [5.41, 5.74) is 7.47. The molecular weight excluding hydrogens is 186 g/mol. The Kier molecular flexibility index (Phi) is 3.10. The number of rotatable bonds is 2. The topological polar surface area (TPSA) is 43.8 Å². The molecule has 0 aliphatic heterocycles. The molecule has 0 bridgehead atoms. The van der Waals surface area contributed by atoms with Crippen LogP contribution in [0.4, 0.5) is 0 Å². The highest BCUT2D eigenvalue weighted by atomic mass is 15.2. The van der Waals surface area contributed by atoms with Crippen molar-refractivity contribution in [3.8, 4) is 0 Å². The first-order valence-electron chi connectivity index (χ1n) is 5.91. The fraction of sp³-hybridized carbons (Fsp3) is 0.750. The lowest BCUT2D eigenvalue weighted by atomic mass is 9.78. The van der Waals surface area contributed by atoms with Gasteiger partial charge in [-0.3, -0.25) is 4.68 Å². The highest BCUT2D eigenvalue weighted by molar-refractivity contribution is 5.11. The van der Waals surface area contributed by atoms with Crippen molar-refractivity contribution >= 4 is 0 Å². The van der Waals surface area contributed by atoms with Gasteiger partial charge in [-0.05, 0) is 24.7 Å². The van der Waals surface area contributed by atoms with Crippen LogP contribution in [0.1, 0.15) is 44.2 Å². The van der Waals surface area contributed by atoms with E-state index in [9.17, 15) is 0 Å². The van der Waals surface area contributed by atoms with Gasteiger partial charge in [-0.25, -0.2) is 0 Å². The Morgan fingerprint density at radius 1 is 1.40 bits per heavy atom. The normalized spacial score (nSPS) is 29.0. The van der Waals surface area contributed by atoms with Gasteiger partial charge in [0.25, 0.3) is 0 Å². The van der Waals surface area contributed by atoms with E-state index in [0.717, 1.165) is 5.92 Å². The fourth-order valence-electron chi connectivity index (χ4n) is 2.53. The van der Waals surface area contributed by atoms with Gasteiger partial charge in [0.05, 0.1) is 6.20 Å². The molecule has 0 aromatic carbocycles. The van der Waals surface area contributed by atoms with E-state index in [0.29, 0.717) is 5.92 Å². The van der Waals surface area contributed by atoms with Crippen molar-refractivity contribution < 1.29 is 0 Å². The van der Waals surface area contributed by atoms with Gasteiger partial charge in [-0.15, -0.1) is 0 Å². The zero-order valence-electron chi connectivity index (χ0n) is 9.69. The third-order valence-electron chi connectivity index (χ3n) is 3.68. The number of aryl methyl sites for hydroxylation is 1. The molecule has 1 saturated carbocycles. The summed E-state index contributed by atoms with van der Waals surface area (Å²) in [7, 11) is 1.94. The lowest BCUT2D eigenvalue weighted by Crippen LogP contribution is -2.25. The maximum absolute atomic E-state index is 6.28. The molecule has 3 nitrogen and oxygen atoms in total. The number of nitrogens with zero attached hydrogens (tertiary/aromatic N) is 2. The Morgan fingerprint density at radius 3 is 2.60 bits per heavy atom. The standard InChI is InChI=1S/C12H21N3/c1-9-3-5-10(6-4-9)12(13)11-7-14-15(2)8-11/h7-10,12H,3-6,13H2,1-2H3. The van der Waals surface area contributed by atoms with Crippen molar-refractivity contribution in [2.24, 2.45) is 24.6 Å². The molecular formula is C12H21N3. The van der Waals surface area contributed by atoms with Gasteiger partial charge in [-0.1, -0.05) is 19.8 Å². The van der Waals surface area contributed by atoms with Crippen LogP contribution in [-0.4, -0.2) is 9.78 Å². The van der Waals surface area contributed by atoms with Crippen molar-refractivity contribution in [1.82, 2.24) is 9.78 Å². The molecule has 0 spiro atoms. The second kappa shape index (κ2) is 4.35. The first kappa shape index (κ1) is 10.7. The van der Waals surface area contributed by atoms with E-state index in [-0.39, 0.29) is 6.04 Å². The van der Waals surface area contributed by atoms with Crippen molar-refractivity contribution in [3.63, 3.8) is 0 Å². The van der Waals surface area contributed by atoms with E-state index in [1.807, 2.05) is 24.1 Å². The Hall–Kier alpha value is -0.830. The van der Waals surface area contributed by atoms with E-state index in [1.165, 1.54) is 31.2 Å². The summed E-state index contributed by atoms with van der Waals surface area (Å²) in [5, 5.41) is 4.18. The molecule has 0 radical (unpaired) electrons. The second-order valence-corrected chi connectivity index (χ2v) is 4.99. The third kappa shape index (κ3) is 2.40. The molecule has 0 saturated heterocycles. The van der Waals surface area contributed by atoms with Gasteiger partial charge < -0.3 is 5.73 Å². The first-order valence-corrected chi connectivity index (χ1v) is 5.91. The molecule has 1 aromatic rings. The van der Waals surface area contributed by atoms with Crippen molar-refractivity contribution in [2.75, 3.05) is 0 Å². The van der Waals surface area contributed by atoms with Crippen LogP contribution >= 0.6 is 0 Å². The molecule has 15 heavy (non-hydrogen) atoms. The quantitative estimate of drug-likeness (QED) is 0.808. The van der Waals surface area contributed by atoms with Crippen LogP contribution in [0.5, 0.6) is 0 Å². The van der Waals surface area contributed by atoms with Crippen LogP contribution in [-0.2, 0) is 7.05 Å². The van der Waals surface area contributed by atoms with Crippen LogP contribution in [0.2, 0.25) is 0 Å². The van der Waals surface area contributed by atoms with Crippen LogP contribution in [0, 0.1) is 11.8 Å². The number of nitrogens with two attached hydrogens (primary N) is 1. The minimum atomic E-state index is 0.186. The molecule has 1 aliphatic carbocycles. The van der Waals surface area contributed by atoms with E-state index in [1.54, 1.807) is 0 Å². The van der Waals surface area contributed by atoms with Crippen LogP contribution < -0.4 is 5.73 Å². The Balaban J connectivity index is 1.99. The second-order valence-electron chi connectivity index (χ2n) is 4.99. The summed E-state index contributed by atoms with van der Waals surface area (Å²) < 4.78 is 1.83. The highest BCUT2D eigenvalue weighted by Crippen LogP contribution is 2.35. The average molecular weight is 207 g/mol. The Morgan fingerprint density at radius 2 is 2.07 bits per heavy atom. The Bertz CT molecular complexity index is 310. The van der Waals surface area contributed by atoms with E-state index >= 15 is 0 Å². The maximum Gasteiger partial charge on any atom is 0.0537 e. The lowest BCUT2D eigenvalue weighted by Gasteiger charge is -2.30. The van der Waals surface area contributed by atoms with E-state index in [2.05, 4.69) is 12.0 Å². The number of aromatic nitrogens is 2. The van der Waals surface area contributed by atoms with Gasteiger partial charge in [-0.2, -0.15) is 5.10 Å². The maximum atomic E-state index is 6.28. The molecule has 1 aromatic heterocycles. The van der Waals surface area contributed by atoms with E-state index < -0.39 is 0 Å². The molecule has 0 amide bonds. The smallest absolute Gasteiger partial charge is 0.0537 e. The largest absolute Gasteiger partial charge is 0.324 e. The molecule has 2 N–H and O–H groups in total. The predicted octanol–water partition coefficient (Wildman–Crippen LogP) is 2.25. The SMILES string of the molecule is CC1CCC(C(N)c2cnn(C)c2)CC1. The molecule has 1 atom stereocenters. The average Bonchev–Trinajstić information content (AvgIpc) is 2.65. The fourth-order valence-corrected chi connectivity index (χ4v) is 2.53. The highest BCUT2D eigenvalue weighted by Gasteiger charge is 2.25. The summed E-state index contributed by atoms with van der Waals surface area (Å²) in [4.78, 5) is 0. The molecule has 3 heteroatoms. The molecule has 2 rings (SSSR count). The molecule has 1 aliphatic rings. The zero-order valence-corrected chi connectivity index (χ0v) is 9.69. The van der Waals surface area contributed by atoms with Gasteiger partial charge in [0.2, 0.25) is 0 Å². The predicted molar refractivity (Wildman–Crippen MR) is 61.3 cm³/mol. The third-order valence-corrected chi connectivity index (χ3v) is 3.68. The number of hydrogen-bond acceptors (Lipinski definition) is 2. The van der Waals surface area contributed by atoms with Gasteiger partial charge in [0.1, 0.15) is 0 Å². The molecule has 1 heterocycles. The van der Waals surface area contributed by atoms with Crippen molar-refractivity contribution in [2.45, 2.75) is 38.6 Å². The lowest BCUT2D eigenvalue weighted by molar-refractivity contribution is 0.256. The zero-order chi connectivity index (χ0) is 10.8. The summed E-state index contributed by atoms with van der Waals surface area (Å²) >= 11 is 0. The van der Waals surface area contributed by atoms with Gasteiger partial charge in [0, 0.05) is 24.8 Å². The Labute approximate surface area is 91.7 Å². The van der Waals surface area contributed by atoms with Crippen molar-refractivity contribution in [3.05, 3.63) is 18.0 Å². The van der Waals surface area contributed by atoms with Crippen LogP contribution in [0.3, 0.4) is 0 Å². The van der Waals surface area contributed by atoms with Gasteiger partial charge in [0.15, 0.2) is 0 Å². The van der Waals surface area contributed by atoms with Crippen LogP contribution in [0.25, 0.3) is 0 Å². The summed E-state index contributed by atoms with van der Waals surface area (Å²) in [6, 6.07) is 0.186. The number of hydrogen-bond donors (Lipinski definition) is 1.